The molecule has 2 aromatic rings. The Morgan fingerprint density at radius 2 is 2.05 bits per heavy atom. The number of thiazole rings is 1. The number of rotatable bonds is 4. The molecule has 114 valence electrons. The van der Waals surface area contributed by atoms with Crippen LogP contribution in [0.2, 0.25) is 0 Å². The third kappa shape index (κ3) is 3.80. The molecule has 0 spiro atoms. The van der Waals surface area contributed by atoms with Crippen LogP contribution in [-0.2, 0) is 18.6 Å². The molecule has 0 unspecified atom stereocenters. The highest BCUT2D eigenvalue weighted by atomic mass is 32.1. The van der Waals surface area contributed by atoms with Gasteiger partial charge in [-0.05, 0) is 17.7 Å². The number of hydrogen-bond acceptors (Lipinski definition) is 4. The van der Waals surface area contributed by atoms with E-state index in [1.165, 1.54) is 23.5 Å². The lowest BCUT2D eigenvalue weighted by Crippen LogP contribution is -2.18. The van der Waals surface area contributed by atoms with Crippen LogP contribution in [0.1, 0.15) is 36.9 Å². The van der Waals surface area contributed by atoms with Gasteiger partial charge in [0.1, 0.15) is 5.82 Å². The highest BCUT2D eigenvalue weighted by Gasteiger charge is 2.24. The molecule has 0 radical (unpaired) electrons. The normalized spacial score (nSPS) is 11.7. The summed E-state index contributed by atoms with van der Waals surface area (Å²) in [5.74, 6) is -0.230. The van der Waals surface area contributed by atoms with Crippen molar-refractivity contribution in [3.05, 3.63) is 46.2 Å². The minimum Gasteiger partial charge on any atom is -0.391 e. The van der Waals surface area contributed by atoms with Crippen LogP contribution in [0.5, 0.6) is 0 Å². The second kappa shape index (κ2) is 6.12. The Labute approximate surface area is 129 Å². The number of halogens is 1. The SMILES string of the molecule is CN(Cc1cccc(F)c1)c1nc(C(C)(C)C)c(CO)s1. The average Bonchev–Trinajstić information content (AvgIpc) is 2.82. The van der Waals surface area contributed by atoms with Crippen molar-refractivity contribution < 1.29 is 9.50 Å². The largest absolute Gasteiger partial charge is 0.391 e. The molecule has 0 bridgehead atoms. The van der Waals surface area contributed by atoms with Crippen molar-refractivity contribution in [2.24, 2.45) is 0 Å². The van der Waals surface area contributed by atoms with Crippen LogP contribution in [0.15, 0.2) is 24.3 Å². The number of aliphatic hydroxyl groups excluding tert-OH is 1. The van der Waals surface area contributed by atoms with Crippen molar-refractivity contribution >= 4 is 16.5 Å². The molecule has 0 saturated carbocycles. The lowest BCUT2D eigenvalue weighted by atomic mass is 9.91. The monoisotopic (exact) mass is 308 g/mol. The second-order valence-electron chi connectivity index (χ2n) is 6.16. The first-order valence-corrected chi connectivity index (χ1v) is 7.69. The van der Waals surface area contributed by atoms with Gasteiger partial charge in [-0.2, -0.15) is 0 Å². The number of nitrogens with zero attached hydrogens (tertiary/aromatic N) is 2. The Morgan fingerprint density at radius 3 is 2.57 bits per heavy atom. The van der Waals surface area contributed by atoms with Crippen molar-refractivity contribution in [2.45, 2.75) is 39.3 Å². The number of aromatic nitrogens is 1. The van der Waals surface area contributed by atoms with Crippen LogP contribution in [0.4, 0.5) is 9.52 Å². The fraction of sp³-hybridized carbons (Fsp3) is 0.438. The summed E-state index contributed by atoms with van der Waals surface area (Å²) >= 11 is 1.49. The zero-order valence-corrected chi connectivity index (χ0v) is 13.7. The molecule has 1 heterocycles. The van der Waals surface area contributed by atoms with Gasteiger partial charge in [-0.3, -0.25) is 0 Å². The topological polar surface area (TPSA) is 36.4 Å². The summed E-state index contributed by atoms with van der Waals surface area (Å²) < 4.78 is 13.2. The summed E-state index contributed by atoms with van der Waals surface area (Å²) in [6.45, 7) is 6.82. The summed E-state index contributed by atoms with van der Waals surface area (Å²) in [6, 6.07) is 6.57. The van der Waals surface area contributed by atoms with Gasteiger partial charge in [0, 0.05) is 19.0 Å². The van der Waals surface area contributed by atoms with Gasteiger partial charge in [0.2, 0.25) is 0 Å². The minimum absolute atomic E-state index is 0.00191. The fourth-order valence-corrected chi connectivity index (χ4v) is 3.26. The van der Waals surface area contributed by atoms with Crippen molar-refractivity contribution in [3.8, 4) is 0 Å². The van der Waals surface area contributed by atoms with Crippen molar-refractivity contribution in [2.75, 3.05) is 11.9 Å². The van der Waals surface area contributed by atoms with Gasteiger partial charge in [-0.25, -0.2) is 9.37 Å². The summed E-state index contributed by atoms with van der Waals surface area (Å²) in [7, 11) is 1.93. The number of hydrogen-bond donors (Lipinski definition) is 1. The van der Waals surface area contributed by atoms with Crippen LogP contribution in [0.3, 0.4) is 0 Å². The van der Waals surface area contributed by atoms with E-state index in [9.17, 15) is 9.50 Å². The molecule has 2 rings (SSSR count). The van der Waals surface area contributed by atoms with E-state index in [-0.39, 0.29) is 17.8 Å². The molecular weight excluding hydrogens is 287 g/mol. The van der Waals surface area contributed by atoms with E-state index in [1.54, 1.807) is 6.07 Å². The molecule has 21 heavy (non-hydrogen) atoms. The maximum absolute atomic E-state index is 13.2. The first-order chi connectivity index (χ1) is 9.81. The number of benzene rings is 1. The van der Waals surface area contributed by atoms with Gasteiger partial charge in [-0.15, -0.1) is 0 Å². The van der Waals surface area contributed by atoms with Gasteiger partial charge < -0.3 is 10.0 Å². The Balaban J connectivity index is 2.23. The molecule has 0 atom stereocenters. The van der Waals surface area contributed by atoms with Crippen molar-refractivity contribution in [1.82, 2.24) is 4.98 Å². The van der Waals surface area contributed by atoms with Gasteiger partial charge in [0.25, 0.3) is 0 Å². The smallest absolute Gasteiger partial charge is 0.185 e. The molecule has 5 heteroatoms. The molecule has 1 aromatic heterocycles. The lowest BCUT2D eigenvalue weighted by Gasteiger charge is -2.18. The van der Waals surface area contributed by atoms with E-state index < -0.39 is 0 Å². The first-order valence-electron chi connectivity index (χ1n) is 6.88. The van der Waals surface area contributed by atoms with E-state index in [0.29, 0.717) is 6.54 Å². The van der Waals surface area contributed by atoms with E-state index in [1.807, 2.05) is 18.0 Å². The number of anilines is 1. The highest BCUT2D eigenvalue weighted by Crippen LogP contribution is 2.33. The first kappa shape index (κ1) is 15.9. The third-order valence-electron chi connectivity index (χ3n) is 3.18. The predicted octanol–water partition coefficient (Wildman–Crippen LogP) is 3.71. The van der Waals surface area contributed by atoms with E-state index in [4.69, 9.17) is 0 Å². The molecule has 3 nitrogen and oxygen atoms in total. The molecular formula is C16H21FN2OS. The minimum atomic E-state index is -0.230. The van der Waals surface area contributed by atoms with Crippen molar-refractivity contribution in [1.29, 1.82) is 0 Å². The highest BCUT2D eigenvalue weighted by molar-refractivity contribution is 7.15. The molecule has 0 amide bonds. The van der Waals surface area contributed by atoms with Gasteiger partial charge in [0.15, 0.2) is 5.13 Å². The van der Waals surface area contributed by atoms with E-state index in [0.717, 1.165) is 21.3 Å². The van der Waals surface area contributed by atoms with Gasteiger partial charge in [-0.1, -0.05) is 44.2 Å². The lowest BCUT2D eigenvalue weighted by molar-refractivity contribution is 0.282. The maximum Gasteiger partial charge on any atom is 0.185 e. The van der Waals surface area contributed by atoms with Crippen LogP contribution in [0, 0.1) is 5.82 Å². The Hall–Kier alpha value is -1.46. The van der Waals surface area contributed by atoms with Gasteiger partial charge in [0.05, 0.1) is 17.2 Å². The van der Waals surface area contributed by atoms with E-state index in [2.05, 4.69) is 25.8 Å². The zero-order chi connectivity index (χ0) is 15.6. The van der Waals surface area contributed by atoms with Crippen LogP contribution in [0.25, 0.3) is 0 Å². The Morgan fingerprint density at radius 1 is 1.33 bits per heavy atom. The van der Waals surface area contributed by atoms with Crippen LogP contribution >= 0.6 is 11.3 Å². The summed E-state index contributed by atoms with van der Waals surface area (Å²) in [5.41, 5.74) is 1.72. The molecule has 0 saturated heterocycles. The zero-order valence-electron chi connectivity index (χ0n) is 12.9. The van der Waals surface area contributed by atoms with Gasteiger partial charge >= 0.3 is 0 Å². The predicted molar refractivity (Wildman–Crippen MR) is 85.2 cm³/mol. The maximum atomic E-state index is 13.2. The second-order valence-corrected chi connectivity index (χ2v) is 7.22. The number of aliphatic hydroxyl groups is 1. The Kier molecular flexibility index (Phi) is 4.64. The molecule has 1 N–H and O–H groups in total. The van der Waals surface area contributed by atoms with Crippen molar-refractivity contribution in [3.63, 3.8) is 0 Å². The summed E-state index contributed by atoms with van der Waals surface area (Å²) in [4.78, 5) is 7.53. The molecule has 0 aliphatic carbocycles. The molecule has 0 fully saturated rings. The molecule has 0 aliphatic rings. The van der Waals surface area contributed by atoms with Crippen LogP contribution in [-0.4, -0.2) is 17.1 Å². The average molecular weight is 308 g/mol. The standard InChI is InChI=1S/C16H21FN2OS/c1-16(2,3)14-13(10-20)21-15(18-14)19(4)9-11-6-5-7-12(17)8-11/h5-8,20H,9-10H2,1-4H3. The summed E-state index contributed by atoms with van der Waals surface area (Å²) in [6.07, 6.45) is 0. The third-order valence-corrected chi connectivity index (χ3v) is 4.33. The fourth-order valence-electron chi connectivity index (χ4n) is 2.17. The quantitative estimate of drug-likeness (QED) is 0.935. The van der Waals surface area contributed by atoms with E-state index >= 15 is 0 Å². The Bertz CT molecular complexity index is 619. The molecule has 0 aliphatic heterocycles. The molecule has 1 aromatic carbocycles. The summed E-state index contributed by atoms with van der Waals surface area (Å²) in [5, 5.41) is 10.3. The van der Waals surface area contributed by atoms with Crippen LogP contribution < -0.4 is 4.90 Å².